The molecule has 2 aromatic heterocycles. The Morgan fingerprint density at radius 3 is 2.48 bits per heavy atom. The molecule has 6 nitrogen and oxygen atoms in total. The van der Waals surface area contributed by atoms with Gasteiger partial charge in [-0.15, -0.1) is 10.2 Å². The lowest BCUT2D eigenvalue weighted by atomic mass is 10.1. The zero-order valence-electron chi connectivity index (χ0n) is 15.8. The van der Waals surface area contributed by atoms with Crippen LogP contribution in [0.1, 0.15) is 31.2 Å². The molecule has 0 saturated heterocycles. The predicted molar refractivity (Wildman–Crippen MR) is 113 cm³/mol. The zero-order valence-corrected chi connectivity index (χ0v) is 16.6. The van der Waals surface area contributed by atoms with E-state index in [1.54, 1.807) is 11.8 Å². The summed E-state index contributed by atoms with van der Waals surface area (Å²) < 4.78 is 7.42. The highest BCUT2D eigenvalue weighted by molar-refractivity contribution is 7.99. The third kappa shape index (κ3) is 3.70. The van der Waals surface area contributed by atoms with Crippen LogP contribution < -0.4 is 5.56 Å². The number of nitrogens with zero attached hydrogens (tertiary/aromatic N) is 4. The van der Waals surface area contributed by atoms with Crippen LogP contribution in [0.15, 0.2) is 69.0 Å². The van der Waals surface area contributed by atoms with Gasteiger partial charge in [0.2, 0.25) is 0 Å². The average molecular weight is 404 g/mol. The SMILES string of the molecule is O=c1c2ccccc2c(-c2nnc(SC3CCCC3)o2)nn1Cc1ccccc1. The summed E-state index contributed by atoms with van der Waals surface area (Å²) >= 11 is 1.65. The molecule has 0 atom stereocenters. The van der Waals surface area contributed by atoms with E-state index in [0.717, 1.165) is 10.9 Å². The number of benzene rings is 2. The van der Waals surface area contributed by atoms with Gasteiger partial charge in [-0.05, 0) is 24.5 Å². The molecule has 4 aromatic rings. The van der Waals surface area contributed by atoms with Crippen LogP contribution in [0, 0.1) is 0 Å². The molecular weight excluding hydrogens is 384 g/mol. The second kappa shape index (κ2) is 7.83. The molecule has 0 aliphatic heterocycles. The van der Waals surface area contributed by atoms with Gasteiger partial charge in [0.1, 0.15) is 0 Å². The summed E-state index contributed by atoms with van der Waals surface area (Å²) in [6.07, 6.45) is 4.89. The summed E-state index contributed by atoms with van der Waals surface area (Å²) in [5, 5.41) is 15.5. The van der Waals surface area contributed by atoms with Crippen molar-refractivity contribution in [3.8, 4) is 11.6 Å². The molecule has 5 rings (SSSR count). The van der Waals surface area contributed by atoms with Crippen LogP contribution in [0.25, 0.3) is 22.4 Å². The van der Waals surface area contributed by atoms with Crippen LogP contribution in [0.3, 0.4) is 0 Å². The Labute approximate surface area is 172 Å². The number of hydrogen-bond donors (Lipinski definition) is 0. The second-order valence-corrected chi connectivity index (χ2v) is 8.49. The molecule has 2 heterocycles. The first-order valence-corrected chi connectivity index (χ1v) is 10.7. The third-order valence-electron chi connectivity index (χ3n) is 5.22. The van der Waals surface area contributed by atoms with Crippen molar-refractivity contribution in [1.29, 1.82) is 0 Å². The molecular formula is C22H20N4O2S. The molecule has 146 valence electrons. The summed E-state index contributed by atoms with van der Waals surface area (Å²) in [6, 6.07) is 17.2. The Morgan fingerprint density at radius 1 is 0.966 bits per heavy atom. The molecule has 29 heavy (non-hydrogen) atoms. The van der Waals surface area contributed by atoms with E-state index >= 15 is 0 Å². The third-order valence-corrected chi connectivity index (χ3v) is 6.39. The molecule has 0 amide bonds. The number of aromatic nitrogens is 4. The molecule has 0 bridgehead atoms. The molecule has 2 aromatic carbocycles. The summed E-state index contributed by atoms with van der Waals surface area (Å²) in [4.78, 5) is 13.0. The molecule has 1 fully saturated rings. The Balaban J connectivity index is 1.57. The molecule has 7 heteroatoms. The summed E-state index contributed by atoms with van der Waals surface area (Å²) in [5.41, 5.74) is 1.42. The molecule has 0 radical (unpaired) electrons. The van der Waals surface area contributed by atoms with Gasteiger partial charge in [0.15, 0.2) is 5.69 Å². The largest absolute Gasteiger partial charge is 0.409 e. The van der Waals surface area contributed by atoms with E-state index in [1.165, 1.54) is 30.4 Å². The number of fused-ring (bicyclic) bond motifs is 1. The monoisotopic (exact) mass is 404 g/mol. The Morgan fingerprint density at radius 2 is 1.69 bits per heavy atom. The number of hydrogen-bond acceptors (Lipinski definition) is 6. The van der Waals surface area contributed by atoms with Gasteiger partial charge < -0.3 is 4.42 Å². The summed E-state index contributed by atoms with van der Waals surface area (Å²) in [6.45, 7) is 0.384. The lowest BCUT2D eigenvalue weighted by Crippen LogP contribution is -2.24. The number of rotatable bonds is 5. The summed E-state index contributed by atoms with van der Waals surface area (Å²) in [5.74, 6) is 0.350. The molecule has 1 aliphatic carbocycles. The van der Waals surface area contributed by atoms with E-state index in [4.69, 9.17) is 4.42 Å². The highest BCUT2D eigenvalue weighted by Gasteiger charge is 2.22. The van der Waals surface area contributed by atoms with E-state index in [1.807, 2.05) is 54.6 Å². The molecule has 1 aliphatic rings. The fourth-order valence-electron chi connectivity index (χ4n) is 3.76. The van der Waals surface area contributed by atoms with E-state index < -0.39 is 0 Å². The highest BCUT2D eigenvalue weighted by atomic mass is 32.2. The maximum atomic E-state index is 13.0. The Bertz CT molecular complexity index is 1200. The van der Waals surface area contributed by atoms with E-state index in [-0.39, 0.29) is 5.56 Å². The van der Waals surface area contributed by atoms with Crippen molar-refractivity contribution < 1.29 is 4.42 Å². The maximum absolute atomic E-state index is 13.0. The fraction of sp³-hybridized carbons (Fsp3) is 0.273. The topological polar surface area (TPSA) is 73.8 Å². The van der Waals surface area contributed by atoms with Gasteiger partial charge in [0, 0.05) is 10.6 Å². The van der Waals surface area contributed by atoms with Crippen molar-refractivity contribution in [3.05, 3.63) is 70.5 Å². The van der Waals surface area contributed by atoms with Crippen LogP contribution in [0.4, 0.5) is 0 Å². The van der Waals surface area contributed by atoms with Gasteiger partial charge >= 0.3 is 0 Å². The van der Waals surface area contributed by atoms with Gasteiger partial charge in [-0.1, -0.05) is 73.1 Å². The molecule has 0 unspecified atom stereocenters. The average Bonchev–Trinajstić information content (AvgIpc) is 3.44. The van der Waals surface area contributed by atoms with Crippen molar-refractivity contribution in [3.63, 3.8) is 0 Å². The molecule has 1 saturated carbocycles. The van der Waals surface area contributed by atoms with Gasteiger partial charge in [-0.2, -0.15) is 5.10 Å². The first-order chi connectivity index (χ1) is 14.3. The first-order valence-electron chi connectivity index (χ1n) is 9.82. The van der Waals surface area contributed by atoms with Crippen molar-refractivity contribution in [1.82, 2.24) is 20.0 Å². The van der Waals surface area contributed by atoms with E-state index in [2.05, 4.69) is 15.3 Å². The zero-order chi connectivity index (χ0) is 19.6. The Hall–Kier alpha value is -2.93. The fourth-order valence-corrected chi connectivity index (χ4v) is 4.83. The normalized spacial score (nSPS) is 14.6. The van der Waals surface area contributed by atoms with Crippen LogP contribution in [0.5, 0.6) is 0 Å². The minimum absolute atomic E-state index is 0.131. The second-order valence-electron chi connectivity index (χ2n) is 7.24. The molecule has 0 spiro atoms. The van der Waals surface area contributed by atoms with Crippen molar-refractivity contribution in [2.45, 2.75) is 42.7 Å². The van der Waals surface area contributed by atoms with Crippen LogP contribution >= 0.6 is 11.8 Å². The maximum Gasteiger partial charge on any atom is 0.277 e. The minimum Gasteiger partial charge on any atom is -0.409 e. The van der Waals surface area contributed by atoms with E-state index in [0.29, 0.717) is 34.0 Å². The quantitative estimate of drug-likeness (QED) is 0.487. The standard InChI is InChI=1S/C22H20N4O2S/c27-21-18-13-7-6-12-17(18)19(25-26(21)14-15-8-2-1-3-9-15)20-23-24-22(28-20)29-16-10-4-5-11-16/h1-3,6-9,12-13,16H,4-5,10-11,14H2. The van der Waals surface area contributed by atoms with E-state index in [9.17, 15) is 4.79 Å². The van der Waals surface area contributed by atoms with Gasteiger partial charge in [-0.25, -0.2) is 4.68 Å². The highest BCUT2D eigenvalue weighted by Crippen LogP contribution is 2.35. The minimum atomic E-state index is -0.131. The van der Waals surface area contributed by atoms with Crippen molar-refractivity contribution in [2.24, 2.45) is 0 Å². The van der Waals surface area contributed by atoms with Gasteiger partial charge in [-0.3, -0.25) is 4.79 Å². The smallest absolute Gasteiger partial charge is 0.277 e. The lowest BCUT2D eigenvalue weighted by molar-refractivity contribution is 0.461. The number of thioether (sulfide) groups is 1. The molecule has 0 N–H and O–H groups in total. The van der Waals surface area contributed by atoms with Crippen molar-refractivity contribution >= 4 is 22.5 Å². The van der Waals surface area contributed by atoms with Gasteiger partial charge in [0.25, 0.3) is 16.7 Å². The summed E-state index contributed by atoms with van der Waals surface area (Å²) in [7, 11) is 0. The predicted octanol–water partition coefficient (Wildman–Crippen LogP) is 4.53. The van der Waals surface area contributed by atoms with Crippen LogP contribution in [-0.4, -0.2) is 25.2 Å². The van der Waals surface area contributed by atoms with Gasteiger partial charge in [0.05, 0.1) is 11.9 Å². The van der Waals surface area contributed by atoms with Crippen LogP contribution in [0.2, 0.25) is 0 Å². The van der Waals surface area contributed by atoms with Crippen LogP contribution in [-0.2, 0) is 6.54 Å². The Kier molecular flexibility index (Phi) is 4.89. The first kappa shape index (κ1) is 18.1. The van der Waals surface area contributed by atoms with Crippen molar-refractivity contribution in [2.75, 3.05) is 0 Å². The lowest BCUT2D eigenvalue weighted by Gasteiger charge is -2.09.